The highest BCUT2D eigenvalue weighted by molar-refractivity contribution is 5.98. The van der Waals surface area contributed by atoms with Gasteiger partial charge in [0.05, 0.1) is 17.9 Å². The first-order chi connectivity index (χ1) is 14.8. The second kappa shape index (κ2) is 11.4. The predicted molar refractivity (Wildman–Crippen MR) is 114 cm³/mol. The molecule has 1 atom stereocenters. The summed E-state index contributed by atoms with van der Waals surface area (Å²) in [7, 11) is 0. The van der Waals surface area contributed by atoms with Crippen molar-refractivity contribution in [1.29, 1.82) is 5.26 Å². The number of nitriles is 1. The first-order valence-electron chi connectivity index (χ1n) is 9.85. The lowest BCUT2D eigenvalue weighted by atomic mass is 10.0. The van der Waals surface area contributed by atoms with Crippen molar-refractivity contribution in [2.24, 2.45) is 5.92 Å². The van der Waals surface area contributed by atoms with Gasteiger partial charge in [0.2, 0.25) is 0 Å². The maximum Gasteiger partial charge on any atom is 0.329 e. The molecule has 8 nitrogen and oxygen atoms in total. The maximum absolute atomic E-state index is 12.5. The monoisotopic (exact) mass is 423 g/mol. The molecule has 0 aliphatic rings. The molecule has 2 amide bonds. The maximum atomic E-state index is 12.5. The van der Waals surface area contributed by atoms with Gasteiger partial charge in [0.15, 0.2) is 6.61 Å². The first kappa shape index (κ1) is 23.4. The van der Waals surface area contributed by atoms with E-state index in [4.69, 9.17) is 14.7 Å². The van der Waals surface area contributed by atoms with E-state index in [9.17, 15) is 14.4 Å². The summed E-state index contributed by atoms with van der Waals surface area (Å²) in [6.45, 7) is 5.35. The minimum atomic E-state index is -0.932. The number of nitrogens with one attached hydrogen (secondary N) is 2. The largest absolute Gasteiger partial charge is 0.494 e. The van der Waals surface area contributed by atoms with E-state index in [1.165, 1.54) is 0 Å². The van der Waals surface area contributed by atoms with E-state index in [0.29, 0.717) is 29.2 Å². The van der Waals surface area contributed by atoms with E-state index < -0.39 is 30.4 Å². The molecule has 8 heteroatoms. The highest BCUT2D eigenvalue weighted by atomic mass is 16.5. The summed E-state index contributed by atoms with van der Waals surface area (Å²) in [4.78, 5) is 37.1. The van der Waals surface area contributed by atoms with Gasteiger partial charge in [0.1, 0.15) is 17.9 Å². The van der Waals surface area contributed by atoms with Crippen LogP contribution in [-0.4, -0.2) is 37.0 Å². The molecule has 2 aromatic carbocycles. The average molecular weight is 423 g/mol. The summed E-state index contributed by atoms with van der Waals surface area (Å²) in [5.74, 6) is -1.37. The van der Waals surface area contributed by atoms with E-state index >= 15 is 0 Å². The minimum absolute atomic E-state index is 0.262. The van der Waals surface area contributed by atoms with E-state index in [1.54, 1.807) is 62.4 Å². The molecule has 0 saturated heterocycles. The highest BCUT2D eigenvalue weighted by Crippen LogP contribution is 2.14. The molecule has 0 aliphatic heterocycles. The number of hydrogen-bond donors (Lipinski definition) is 2. The van der Waals surface area contributed by atoms with Crippen LogP contribution in [0.25, 0.3) is 0 Å². The lowest BCUT2D eigenvalue weighted by molar-refractivity contribution is -0.150. The Morgan fingerprint density at radius 3 is 2.35 bits per heavy atom. The summed E-state index contributed by atoms with van der Waals surface area (Å²) < 4.78 is 10.4. The van der Waals surface area contributed by atoms with Crippen molar-refractivity contribution in [2.45, 2.75) is 26.8 Å². The fraction of sp³-hybridized carbons (Fsp3) is 0.304. The Bertz CT molecular complexity index is 964. The molecule has 0 heterocycles. The zero-order valence-corrected chi connectivity index (χ0v) is 17.7. The zero-order valence-electron chi connectivity index (χ0n) is 17.7. The third kappa shape index (κ3) is 6.85. The number of amides is 2. The number of benzene rings is 2. The fourth-order valence-electron chi connectivity index (χ4n) is 2.69. The van der Waals surface area contributed by atoms with Crippen LogP contribution in [0.5, 0.6) is 5.75 Å². The van der Waals surface area contributed by atoms with Gasteiger partial charge in [-0.3, -0.25) is 9.59 Å². The van der Waals surface area contributed by atoms with E-state index in [1.807, 2.05) is 13.0 Å². The van der Waals surface area contributed by atoms with Crippen LogP contribution in [0.4, 0.5) is 5.69 Å². The quantitative estimate of drug-likeness (QED) is 0.599. The van der Waals surface area contributed by atoms with Crippen LogP contribution in [-0.2, 0) is 14.3 Å². The van der Waals surface area contributed by atoms with Crippen LogP contribution in [0, 0.1) is 17.2 Å². The molecule has 2 rings (SSSR count). The van der Waals surface area contributed by atoms with Crippen LogP contribution in [0.15, 0.2) is 48.5 Å². The molecule has 162 valence electrons. The van der Waals surface area contributed by atoms with Gasteiger partial charge in [-0.25, -0.2) is 4.79 Å². The summed E-state index contributed by atoms with van der Waals surface area (Å²) in [5.41, 5.74) is 0.993. The van der Waals surface area contributed by atoms with E-state index in [-0.39, 0.29) is 5.92 Å². The molecule has 0 radical (unpaired) electrons. The topological polar surface area (TPSA) is 118 Å². The molecule has 2 N–H and O–H groups in total. The van der Waals surface area contributed by atoms with Gasteiger partial charge >= 0.3 is 5.97 Å². The SMILES string of the molecule is CCOc1ccc(C(=O)N[C@H](C(=O)OCC(=O)Nc2ccccc2C#N)C(C)C)cc1. The average Bonchev–Trinajstić information content (AvgIpc) is 2.76. The number of nitrogens with zero attached hydrogens (tertiary/aromatic N) is 1. The molecule has 0 spiro atoms. The first-order valence-corrected chi connectivity index (χ1v) is 9.85. The smallest absolute Gasteiger partial charge is 0.329 e. The lowest BCUT2D eigenvalue weighted by Gasteiger charge is -2.21. The van der Waals surface area contributed by atoms with Crippen molar-refractivity contribution in [3.05, 3.63) is 59.7 Å². The summed E-state index contributed by atoms with van der Waals surface area (Å²) >= 11 is 0. The number of rotatable bonds is 9. The van der Waals surface area contributed by atoms with Gasteiger partial charge < -0.3 is 20.1 Å². The fourth-order valence-corrected chi connectivity index (χ4v) is 2.69. The van der Waals surface area contributed by atoms with Crippen molar-refractivity contribution in [3.8, 4) is 11.8 Å². The summed E-state index contributed by atoms with van der Waals surface area (Å²) in [6, 6.07) is 14.1. The third-order valence-electron chi connectivity index (χ3n) is 4.30. The van der Waals surface area contributed by atoms with Crippen LogP contribution in [0.3, 0.4) is 0 Å². The van der Waals surface area contributed by atoms with Crippen LogP contribution >= 0.6 is 0 Å². The second-order valence-corrected chi connectivity index (χ2v) is 6.97. The summed E-state index contributed by atoms with van der Waals surface area (Å²) in [5, 5.41) is 14.2. The van der Waals surface area contributed by atoms with Crippen LogP contribution in [0.1, 0.15) is 36.7 Å². The Morgan fingerprint density at radius 1 is 1.06 bits per heavy atom. The predicted octanol–water partition coefficient (Wildman–Crippen LogP) is 2.89. The van der Waals surface area contributed by atoms with Crippen molar-refractivity contribution >= 4 is 23.5 Å². The Kier molecular flexibility index (Phi) is 8.58. The molecule has 0 bridgehead atoms. The van der Waals surface area contributed by atoms with Crippen molar-refractivity contribution in [2.75, 3.05) is 18.5 Å². The van der Waals surface area contributed by atoms with Gasteiger partial charge in [-0.2, -0.15) is 5.26 Å². The Balaban J connectivity index is 1.94. The lowest BCUT2D eigenvalue weighted by Crippen LogP contribution is -2.45. The molecule has 0 aliphatic carbocycles. The number of hydrogen-bond acceptors (Lipinski definition) is 6. The van der Waals surface area contributed by atoms with Gasteiger partial charge in [-0.1, -0.05) is 26.0 Å². The summed E-state index contributed by atoms with van der Waals surface area (Å²) in [6.07, 6.45) is 0. The standard InChI is InChI=1S/C23H25N3O5/c1-4-30-18-11-9-16(10-12-18)22(28)26-21(15(2)3)23(29)31-14-20(27)25-19-8-6-5-7-17(19)13-24/h5-12,15,21H,4,14H2,1-3H3,(H,25,27)(H,26,28)/t21-/m0/s1. The Hall–Kier alpha value is -3.86. The number of ether oxygens (including phenoxy) is 2. The van der Waals surface area contributed by atoms with Crippen LogP contribution < -0.4 is 15.4 Å². The highest BCUT2D eigenvalue weighted by Gasteiger charge is 2.27. The number of para-hydroxylation sites is 1. The normalized spacial score (nSPS) is 11.2. The van der Waals surface area contributed by atoms with Crippen molar-refractivity contribution in [1.82, 2.24) is 5.32 Å². The molecule has 0 fully saturated rings. The second-order valence-electron chi connectivity index (χ2n) is 6.97. The Labute approximate surface area is 181 Å². The number of carbonyl (C=O) groups excluding carboxylic acids is 3. The molecule has 0 saturated carbocycles. The van der Waals surface area contributed by atoms with E-state index in [2.05, 4.69) is 10.6 Å². The van der Waals surface area contributed by atoms with Crippen LogP contribution in [0.2, 0.25) is 0 Å². The number of esters is 1. The molecular formula is C23H25N3O5. The van der Waals surface area contributed by atoms with E-state index in [0.717, 1.165) is 0 Å². The molecule has 31 heavy (non-hydrogen) atoms. The molecule has 0 unspecified atom stereocenters. The van der Waals surface area contributed by atoms with Gasteiger partial charge in [0.25, 0.3) is 11.8 Å². The molecular weight excluding hydrogens is 398 g/mol. The molecule has 0 aromatic heterocycles. The van der Waals surface area contributed by atoms with Crippen molar-refractivity contribution < 1.29 is 23.9 Å². The molecule has 2 aromatic rings. The Morgan fingerprint density at radius 2 is 1.74 bits per heavy atom. The van der Waals surface area contributed by atoms with Gasteiger partial charge in [0, 0.05) is 5.56 Å². The third-order valence-corrected chi connectivity index (χ3v) is 4.30. The minimum Gasteiger partial charge on any atom is -0.494 e. The van der Waals surface area contributed by atoms with Gasteiger partial charge in [-0.15, -0.1) is 0 Å². The zero-order chi connectivity index (χ0) is 22.8. The number of carbonyl (C=O) groups is 3. The van der Waals surface area contributed by atoms with Crippen molar-refractivity contribution in [3.63, 3.8) is 0 Å². The van der Waals surface area contributed by atoms with Gasteiger partial charge in [-0.05, 0) is 49.2 Å². The number of anilines is 1.